The summed E-state index contributed by atoms with van der Waals surface area (Å²) in [7, 11) is 0. The second-order valence-corrected chi connectivity index (χ2v) is 9.43. The minimum atomic E-state index is -0.119. The number of nitroso groups, excluding NO2 is 1. The zero-order chi connectivity index (χ0) is 17.0. The van der Waals surface area contributed by atoms with E-state index in [9.17, 15) is 4.91 Å². The zero-order valence-corrected chi connectivity index (χ0v) is 15.4. The molecule has 1 aromatic carbocycles. The van der Waals surface area contributed by atoms with Gasteiger partial charge in [-0.05, 0) is 87.4 Å². The van der Waals surface area contributed by atoms with Crippen LogP contribution in [0.25, 0.3) is 0 Å². The lowest BCUT2D eigenvalue weighted by atomic mass is 9.73. The molecule has 1 aromatic rings. The number of fused-ring (bicyclic) bond motifs is 4. The fourth-order valence-corrected chi connectivity index (χ4v) is 6.69. The fourth-order valence-electron chi connectivity index (χ4n) is 6.69. The minimum absolute atomic E-state index is 0.119. The highest BCUT2D eigenvalue weighted by Gasteiger charge is 2.47. The van der Waals surface area contributed by atoms with Gasteiger partial charge >= 0.3 is 0 Å². The molecule has 2 unspecified atom stereocenters. The summed E-state index contributed by atoms with van der Waals surface area (Å²) in [4.78, 5) is 14.1. The van der Waals surface area contributed by atoms with Crippen LogP contribution in [0.15, 0.2) is 23.4 Å². The molecule has 2 saturated carbocycles. The normalized spacial score (nSPS) is 36.0. The summed E-state index contributed by atoms with van der Waals surface area (Å²) in [6.07, 6.45) is 9.35. The Morgan fingerprint density at radius 1 is 1.20 bits per heavy atom. The fraction of sp³-hybridized carbons (Fsp3) is 0.727. The molecule has 1 heterocycles. The smallest absolute Gasteiger partial charge is 0.118 e. The minimum Gasteiger partial charge on any atom is -0.303 e. The molecular formula is C22H30N2O. The Bertz CT molecular complexity index is 677. The first-order valence-corrected chi connectivity index (χ1v) is 10.3. The maximum Gasteiger partial charge on any atom is 0.118 e. The van der Waals surface area contributed by atoms with Crippen molar-refractivity contribution in [3.8, 4) is 0 Å². The molecule has 0 aromatic heterocycles. The van der Waals surface area contributed by atoms with E-state index in [0.717, 1.165) is 24.2 Å². The highest BCUT2D eigenvalue weighted by atomic mass is 16.3. The van der Waals surface area contributed by atoms with Gasteiger partial charge in [-0.2, -0.15) is 4.91 Å². The lowest BCUT2D eigenvalue weighted by molar-refractivity contribution is 0.121. The molecule has 0 radical (unpaired) electrons. The third-order valence-corrected chi connectivity index (χ3v) is 8.04. The molecule has 3 fully saturated rings. The molecule has 5 rings (SSSR count). The molecule has 1 spiro atoms. The van der Waals surface area contributed by atoms with Gasteiger partial charge < -0.3 is 4.90 Å². The van der Waals surface area contributed by atoms with Crippen molar-refractivity contribution in [3.63, 3.8) is 0 Å². The van der Waals surface area contributed by atoms with Crippen LogP contribution in [0, 0.1) is 29.6 Å². The van der Waals surface area contributed by atoms with Gasteiger partial charge in [0, 0.05) is 12.0 Å². The predicted octanol–water partition coefficient (Wildman–Crippen LogP) is 4.98. The second-order valence-electron chi connectivity index (χ2n) is 9.43. The molecule has 1 saturated heterocycles. The molecule has 134 valence electrons. The predicted molar refractivity (Wildman–Crippen MR) is 101 cm³/mol. The Kier molecular flexibility index (Phi) is 3.78. The molecule has 3 aliphatic carbocycles. The van der Waals surface area contributed by atoms with Crippen LogP contribution in [0.3, 0.4) is 0 Å². The summed E-state index contributed by atoms with van der Waals surface area (Å²) in [5, 5.41) is 3.48. The second kappa shape index (κ2) is 5.90. The van der Waals surface area contributed by atoms with E-state index in [4.69, 9.17) is 0 Å². The van der Waals surface area contributed by atoms with Gasteiger partial charge in [0.1, 0.15) is 6.04 Å². The van der Waals surface area contributed by atoms with Crippen molar-refractivity contribution in [2.24, 2.45) is 22.9 Å². The molecule has 0 amide bonds. The topological polar surface area (TPSA) is 32.7 Å². The number of rotatable bonds is 3. The van der Waals surface area contributed by atoms with Crippen LogP contribution in [0.1, 0.15) is 67.7 Å². The largest absolute Gasteiger partial charge is 0.303 e. The Labute approximate surface area is 151 Å². The average Bonchev–Trinajstić information content (AvgIpc) is 3.31. The Balaban J connectivity index is 1.29. The van der Waals surface area contributed by atoms with Crippen molar-refractivity contribution in [1.82, 2.24) is 4.90 Å². The van der Waals surface area contributed by atoms with Crippen LogP contribution in [0.2, 0.25) is 0 Å². The molecule has 0 N–H and O–H groups in total. The van der Waals surface area contributed by atoms with Crippen LogP contribution in [0.5, 0.6) is 0 Å². The van der Waals surface area contributed by atoms with E-state index >= 15 is 0 Å². The van der Waals surface area contributed by atoms with E-state index in [-0.39, 0.29) is 11.5 Å². The van der Waals surface area contributed by atoms with Gasteiger partial charge in [-0.15, -0.1) is 0 Å². The van der Waals surface area contributed by atoms with Crippen molar-refractivity contribution >= 4 is 0 Å². The summed E-state index contributed by atoms with van der Waals surface area (Å²) in [5.41, 5.74) is 4.12. The summed E-state index contributed by atoms with van der Waals surface area (Å²) in [6, 6.07) is 6.60. The van der Waals surface area contributed by atoms with Gasteiger partial charge in [-0.3, -0.25) is 0 Å². The van der Waals surface area contributed by atoms with Gasteiger partial charge in [0.15, 0.2) is 0 Å². The van der Waals surface area contributed by atoms with Crippen molar-refractivity contribution in [3.05, 3.63) is 39.8 Å². The first-order valence-electron chi connectivity index (χ1n) is 10.3. The van der Waals surface area contributed by atoms with Crippen molar-refractivity contribution in [2.45, 2.75) is 63.3 Å². The molecule has 3 heteroatoms. The lowest BCUT2D eigenvalue weighted by Crippen LogP contribution is -2.44. The highest BCUT2D eigenvalue weighted by molar-refractivity contribution is 5.45. The highest BCUT2D eigenvalue weighted by Crippen LogP contribution is 2.53. The molecular weight excluding hydrogens is 308 g/mol. The quantitative estimate of drug-likeness (QED) is 0.728. The van der Waals surface area contributed by atoms with Crippen LogP contribution >= 0.6 is 0 Å². The van der Waals surface area contributed by atoms with Gasteiger partial charge in [0.25, 0.3) is 0 Å². The molecule has 25 heavy (non-hydrogen) atoms. The number of hydrogen-bond acceptors (Lipinski definition) is 3. The first-order chi connectivity index (χ1) is 12.2. The van der Waals surface area contributed by atoms with Crippen LogP contribution < -0.4 is 0 Å². The summed E-state index contributed by atoms with van der Waals surface area (Å²) < 4.78 is 0. The maximum absolute atomic E-state index is 11.4. The van der Waals surface area contributed by atoms with E-state index in [1.165, 1.54) is 74.8 Å². The van der Waals surface area contributed by atoms with Crippen LogP contribution in [0.4, 0.5) is 0 Å². The Morgan fingerprint density at radius 2 is 2.04 bits per heavy atom. The van der Waals surface area contributed by atoms with E-state index in [2.05, 4.69) is 35.2 Å². The number of hydrogen-bond donors (Lipinski definition) is 0. The van der Waals surface area contributed by atoms with E-state index in [1.807, 2.05) is 0 Å². The van der Waals surface area contributed by atoms with E-state index < -0.39 is 0 Å². The number of nitrogens with zero attached hydrogens (tertiary/aromatic N) is 2. The number of aryl methyl sites for hydroxylation is 1. The molecule has 4 atom stereocenters. The van der Waals surface area contributed by atoms with Crippen LogP contribution in [-0.4, -0.2) is 24.5 Å². The standard InChI is InChI=1S/C22H30N2O/c1-15-2-5-20-19(10-15)21(23-25)13-22(20)6-8-24(9-7-22)14-18-12-16-3-4-17(18)11-16/h2,5,10,16-18,21H,3-4,6-9,11-14H2,1H3/t16-,17+,18?,21?/m0/s1. The van der Waals surface area contributed by atoms with E-state index in [1.54, 1.807) is 0 Å². The molecule has 4 aliphatic rings. The van der Waals surface area contributed by atoms with Gasteiger partial charge in [-0.25, -0.2) is 0 Å². The number of likely N-dealkylation sites (tertiary alicyclic amines) is 1. The van der Waals surface area contributed by atoms with Gasteiger partial charge in [-0.1, -0.05) is 35.4 Å². The third-order valence-electron chi connectivity index (χ3n) is 8.04. The van der Waals surface area contributed by atoms with Crippen LogP contribution in [-0.2, 0) is 5.41 Å². The Hall–Kier alpha value is -1.22. The lowest BCUT2D eigenvalue weighted by Gasteiger charge is -2.41. The van der Waals surface area contributed by atoms with Crippen molar-refractivity contribution in [1.29, 1.82) is 0 Å². The molecule has 2 bridgehead atoms. The molecule has 3 nitrogen and oxygen atoms in total. The zero-order valence-electron chi connectivity index (χ0n) is 15.4. The summed E-state index contributed by atoms with van der Waals surface area (Å²) in [5.74, 6) is 3.05. The van der Waals surface area contributed by atoms with Crippen molar-refractivity contribution < 1.29 is 0 Å². The SMILES string of the molecule is Cc1ccc2c(c1)C(N=O)CC21CCN(CC2C[C@H]3CC[C@@H]2C3)CC1. The number of piperidine rings is 1. The van der Waals surface area contributed by atoms with Gasteiger partial charge in [0.2, 0.25) is 0 Å². The summed E-state index contributed by atoms with van der Waals surface area (Å²) >= 11 is 0. The number of benzene rings is 1. The van der Waals surface area contributed by atoms with Crippen molar-refractivity contribution in [2.75, 3.05) is 19.6 Å². The third kappa shape index (κ3) is 2.58. The van der Waals surface area contributed by atoms with Gasteiger partial charge in [0.05, 0.1) is 0 Å². The first kappa shape index (κ1) is 16.0. The van der Waals surface area contributed by atoms with E-state index in [0.29, 0.717) is 0 Å². The monoisotopic (exact) mass is 338 g/mol. The summed E-state index contributed by atoms with van der Waals surface area (Å²) in [6.45, 7) is 5.85. The molecule has 1 aliphatic heterocycles. The maximum atomic E-state index is 11.4. The average molecular weight is 338 g/mol. The Morgan fingerprint density at radius 3 is 2.72 bits per heavy atom.